The first-order valence-corrected chi connectivity index (χ1v) is 45.0. The molecular weight excluding hydrogens is 2290 g/mol. The summed E-state index contributed by atoms with van der Waals surface area (Å²) in [4.78, 5) is 63.6. The van der Waals surface area contributed by atoms with Crippen LogP contribution in [0.1, 0.15) is 88.0 Å². The Balaban J connectivity index is 0.000000401. The van der Waals surface area contributed by atoms with E-state index in [1.807, 2.05) is 349 Å². The molecule has 1 aliphatic heterocycles. The van der Waals surface area contributed by atoms with E-state index in [0.717, 1.165) is 104 Å². The zero-order valence-electron chi connectivity index (χ0n) is 75.1. The number of aromatic nitrogens is 6. The third-order valence-corrected chi connectivity index (χ3v) is 20.3. The minimum Gasteiger partial charge on any atom is -1.00 e. The number of quaternary nitrogens is 1. The van der Waals surface area contributed by atoms with Gasteiger partial charge in [-0.25, -0.2) is 19.0 Å². The number of hydrogen-bond donors (Lipinski definition) is 2. The summed E-state index contributed by atoms with van der Waals surface area (Å²) in [6.45, 7) is 4.19. The standard InChI is InChI=1S/C23H21N3O2.C18H16IN3O2.2C10H11N3O2.C10H13NO2.2C8H5I.C8H6.C5H6.C4H9NO.ClH.2HI/c1-28-23(27)21(16-18-8-4-2-5-9-18)26-20(15-14-17-12-13-17)22(24-25-26)19-10-6-3-7-11-19;1-24-18(23)15(12-13-8-4-2-5-9-13)22-17(19)16(20-21-22)14-10-6-3-7-11-14;2*1-15-10(14)9(12-13-11)7-8-5-3-2-4-6-8;1-13-10(12)9(11)7-8-5-3-2-4-6-8;2*9-7-6-8-4-2-1-3-5-8;1-2-8-6-4-3-5-7-8;1-2-5-3-4-5;1-3-6-4-2-5-1;;;/h2-11,17,21H,12-13,16H2,1H3;2-11,15H,12H2,1H3;2*2-6,9H,7H2,1H3;2-6,9H,7,11H2,1H3;2*1-5H;1,3-7H;1,5H,3-4H2;5H,1-4H2;3*1H/p-1/t21-;15-;3*9-;;;;;;;;/m00000......../s1. The molecule has 0 unspecified atom stereocenters. The van der Waals surface area contributed by atoms with Crippen LogP contribution in [0, 0.1) is 71.8 Å². The monoisotopic (exact) mass is 2400 g/mol. The van der Waals surface area contributed by atoms with Crippen molar-refractivity contribution >= 4 is 110 Å². The largest absolute Gasteiger partial charge is 1.00 e. The fourth-order valence-electron chi connectivity index (χ4n) is 11.6. The summed E-state index contributed by atoms with van der Waals surface area (Å²) in [5, 5.41) is 26.2. The summed E-state index contributed by atoms with van der Waals surface area (Å²) in [6, 6.07) is 93.7. The van der Waals surface area contributed by atoms with Gasteiger partial charge in [-0.15, -0.1) is 41.4 Å². The summed E-state index contributed by atoms with van der Waals surface area (Å²) in [6.07, 6.45) is 17.1. The van der Waals surface area contributed by atoms with Crippen LogP contribution in [0.3, 0.4) is 0 Å². The average Bonchev–Trinajstić information content (AvgIpc) is 1.66. The molecule has 25 nitrogen and oxygen atoms in total. The fraction of sp³-hybridized carbons (Fsp3) is 0.240. The van der Waals surface area contributed by atoms with Gasteiger partial charge >= 0.3 is 29.8 Å². The summed E-state index contributed by atoms with van der Waals surface area (Å²) < 4.78 is 38.4. The molecule has 2 saturated carbocycles. The molecular formula is C104H105ClI5N14O11-. The zero-order valence-corrected chi connectivity index (χ0v) is 86.7. The van der Waals surface area contributed by atoms with Gasteiger partial charge in [0.1, 0.15) is 38.9 Å². The van der Waals surface area contributed by atoms with Crippen molar-refractivity contribution in [2.75, 3.05) is 61.9 Å². The average molecular weight is 2400 g/mol. The lowest BCUT2D eigenvalue weighted by Gasteiger charge is -2.16. The molecule has 3 aliphatic rings. The summed E-state index contributed by atoms with van der Waals surface area (Å²) in [5.74, 6) is 16.6. The van der Waals surface area contributed by atoms with Crippen molar-refractivity contribution in [1.29, 1.82) is 0 Å². The molecule has 2 aromatic heterocycles. The normalized spacial score (nSPS) is 12.1. The number of carbonyl (C=O) groups is 5. The Morgan fingerprint density at radius 3 is 1.05 bits per heavy atom. The summed E-state index contributed by atoms with van der Waals surface area (Å²) in [5.41, 5.74) is 34.3. The van der Waals surface area contributed by atoms with E-state index in [1.54, 1.807) is 9.36 Å². The van der Waals surface area contributed by atoms with Crippen LogP contribution >= 0.6 is 80.2 Å². The maximum atomic E-state index is 12.6. The Labute approximate surface area is 871 Å². The van der Waals surface area contributed by atoms with Gasteiger partial charge in [0.15, 0.2) is 12.1 Å². The molecule has 0 amide bonds. The number of morpholine rings is 1. The van der Waals surface area contributed by atoms with Crippen molar-refractivity contribution in [3.05, 3.63) is 378 Å². The molecule has 4 N–H and O–H groups in total. The van der Waals surface area contributed by atoms with Gasteiger partial charge in [-0.05, 0) is 157 Å². The Kier molecular flexibility index (Phi) is 62.2. The molecule has 0 bridgehead atoms. The van der Waals surface area contributed by atoms with E-state index in [9.17, 15) is 24.0 Å². The van der Waals surface area contributed by atoms with Crippen LogP contribution < -0.4 is 59.0 Å². The summed E-state index contributed by atoms with van der Waals surface area (Å²) >= 11 is 6.24. The number of rotatable bonds is 21. The lowest BCUT2D eigenvalue weighted by Crippen LogP contribution is -3.00. The molecule has 5 atom stereocenters. The van der Waals surface area contributed by atoms with Gasteiger partial charge in [0.05, 0.1) is 61.9 Å². The minimum absolute atomic E-state index is 0. The first-order chi connectivity index (χ1) is 64.5. The van der Waals surface area contributed by atoms with Gasteiger partial charge in [-0.3, -0.25) is 14.4 Å². The topological polar surface area (TPSA) is 342 Å². The van der Waals surface area contributed by atoms with Crippen molar-refractivity contribution in [3.63, 3.8) is 0 Å². The smallest absolute Gasteiger partial charge is 0.331 e. The van der Waals surface area contributed by atoms with Crippen LogP contribution in [0.25, 0.3) is 43.4 Å². The number of hydrogen-bond acceptors (Lipinski definition) is 18. The molecule has 0 spiro atoms. The number of esters is 5. The first-order valence-electron chi connectivity index (χ1n) is 41.8. The highest BCUT2D eigenvalue weighted by molar-refractivity contribution is 14.1. The molecule has 31 heteroatoms. The Bertz CT molecular complexity index is 5650. The molecule has 15 rings (SSSR count). The van der Waals surface area contributed by atoms with Crippen molar-refractivity contribution < 1.29 is 106 Å². The predicted octanol–water partition coefficient (Wildman–Crippen LogP) is 12.6. The van der Waals surface area contributed by atoms with Crippen molar-refractivity contribution in [2.24, 2.45) is 27.8 Å². The number of benzene rings is 10. The third kappa shape index (κ3) is 47.2. The van der Waals surface area contributed by atoms with Crippen LogP contribution in [-0.2, 0) is 84.5 Å². The molecule has 3 heterocycles. The Morgan fingerprint density at radius 2 is 0.756 bits per heavy atom. The van der Waals surface area contributed by atoms with E-state index in [1.165, 1.54) is 48.4 Å². The number of carbonyl (C=O) groups excluding carboxylic acids is 5. The number of halogens is 6. The van der Waals surface area contributed by atoms with Gasteiger partial charge in [0.25, 0.3) is 0 Å². The number of terminal acetylenes is 2. The molecule has 700 valence electrons. The van der Waals surface area contributed by atoms with Crippen LogP contribution in [0.2, 0.25) is 0 Å². The van der Waals surface area contributed by atoms with Crippen molar-refractivity contribution in [1.82, 2.24) is 30.0 Å². The third-order valence-electron chi connectivity index (χ3n) is 18.8. The van der Waals surface area contributed by atoms with E-state index < -0.39 is 42.1 Å². The Morgan fingerprint density at radius 1 is 0.444 bits per heavy atom. The lowest BCUT2D eigenvalue weighted by molar-refractivity contribution is -0.670. The van der Waals surface area contributed by atoms with E-state index in [-0.39, 0.29) is 78.3 Å². The number of ether oxygens (including phenoxy) is 6. The lowest BCUT2D eigenvalue weighted by atomic mass is 10.0. The highest BCUT2D eigenvalue weighted by atomic mass is 127. The maximum absolute atomic E-state index is 12.6. The van der Waals surface area contributed by atoms with Crippen LogP contribution in [0.5, 0.6) is 0 Å². The van der Waals surface area contributed by atoms with Gasteiger partial charge < -0.3 is 87.4 Å². The maximum Gasteiger partial charge on any atom is 0.331 e. The molecule has 1 saturated heterocycles. The number of nitrogens with two attached hydrogens (primary N) is 2. The predicted molar refractivity (Wildman–Crippen MR) is 546 cm³/mol. The summed E-state index contributed by atoms with van der Waals surface area (Å²) in [7, 11) is 6.67. The van der Waals surface area contributed by atoms with E-state index in [0.29, 0.717) is 55.3 Å². The second-order valence-corrected chi connectivity index (χ2v) is 30.5. The molecule has 12 aromatic rings. The minimum atomic E-state index is -0.789. The number of methoxy groups -OCH3 is 5. The molecule has 3 fully saturated rings. The van der Waals surface area contributed by atoms with Gasteiger partial charge in [-0.1, -0.05) is 311 Å². The van der Waals surface area contributed by atoms with Crippen molar-refractivity contribution in [3.8, 4) is 78.7 Å². The fourth-order valence-corrected chi connectivity index (χ4v) is 13.1. The molecule has 10 aromatic carbocycles. The van der Waals surface area contributed by atoms with Gasteiger partial charge in [0.2, 0.25) is 0 Å². The quantitative estimate of drug-likeness (QED) is 0.0128. The van der Waals surface area contributed by atoms with E-state index in [2.05, 4.69) is 126 Å². The molecule has 2 aliphatic carbocycles. The SMILES string of the molecule is C#CC1CC1.C#Cc1ccccc1.C1COCC[NH2+]1.COC(=O)[C@@H](N)Cc1ccccc1.COC(=O)[C@H](Cc1ccccc1)N=[N+]=[N-].COC(=O)[C@H](Cc1ccccc1)N=[N+]=[N-].COC(=O)[C@H](Cc1ccccc1)n1nnc(-c2ccccc2)c1C#CC1CC1.COC(=O)[C@H](Cc1ccccc1)n1nnc(-c2ccccc2)c1I.Cl.IC#Cc1ccccc1.IC#Cc1ccccc1.[I-].[I-]. The Hall–Kier alpha value is -11.9. The van der Waals surface area contributed by atoms with E-state index in [4.69, 9.17) is 43.9 Å². The second-order valence-electron chi connectivity index (χ2n) is 28.4. The van der Waals surface area contributed by atoms with Gasteiger partial charge in [0, 0.05) is 107 Å². The van der Waals surface area contributed by atoms with Crippen LogP contribution in [-0.4, -0.2) is 140 Å². The van der Waals surface area contributed by atoms with Crippen molar-refractivity contribution in [2.45, 2.75) is 88.0 Å². The van der Waals surface area contributed by atoms with Crippen LogP contribution in [0.15, 0.2) is 314 Å². The molecule has 135 heavy (non-hydrogen) atoms. The zero-order chi connectivity index (χ0) is 95.0. The first kappa shape index (κ1) is 117. The number of azide groups is 2. The number of nitrogens with zero attached hydrogens (tertiary/aromatic N) is 12. The van der Waals surface area contributed by atoms with Gasteiger partial charge in [-0.2, -0.15) is 0 Å². The van der Waals surface area contributed by atoms with Crippen LogP contribution in [0.4, 0.5) is 0 Å². The molecule has 0 radical (unpaired) electrons. The highest BCUT2D eigenvalue weighted by Gasteiger charge is 2.30. The highest BCUT2D eigenvalue weighted by Crippen LogP contribution is 2.31. The van der Waals surface area contributed by atoms with E-state index >= 15 is 0 Å². The second kappa shape index (κ2) is 71.6.